The van der Waals surface area contributed by atoms with Gasteiger partial charge in [0.05, 0.1) is 22.8 Å². The van der Waals surface area contributed by atoms with Crippen molar-refractivity contribution in [3.8, 4) is 0 Å². The van der Waals surface area contributed by atoms with E-state index in [9.17, 15) is 0 Å². The molecule has 0 amide bonds. The summed E-state index contributed by atoms with van der Waals surface area (Å²) in [7, 11) is 0. The zero-order chi connectivity index (χ0) is 52.5. The number of fused-ring (bicyclic) bond motifs is 10. The molecule has 2 fully saturated rings. The number of nitrogens with zero attached hydrogens (tertiary/aromatic N) is 8. The Bertz CT molecular complexity index is 2590. The topological polar surface area (TPSA) is 103 Å². The summed E-state index contributed by atoms with van der Waals surface area (Å²) in [5, 5.41) is 0. The molecule has 0 N–H and O–H groups in total. The van der Waals surface area contributed by atoms with Crippen LogP contribution in [0.15, 0.2) is 61.2 Å². The SMILES string of the molecule is CC1C(C)(C)[C@@H]2CCc3cncnc3[C@@H]2C1(C)C.CC1C(C)(C)[C@@H]2CCc3cncnc3[C@H]2C1(C)C.C[C@@H]1C(C)(C)C2=C(c3ncncc3CC2)C1(C)C.C[C@H]1C(C)(C)C2=C(c3ncncc3CC2)C1(C)C. The van der Waals surface area contributed by atoms with Crippen LogP contribution in [0.25, 0.3) is 11.1 Å². The Morgan fingerprint density at radius 1 is 0.347 bits per heavy atom. The van der Waals surface area contributed by atoms with Crippen molar-refractivity contribution in [3.05, 3.63) is 106 Å². The number of rotatable bonds is 0. The van der Waals surface area contributed by atoms with Gasteiger partial charge in [0.2, 0.25) is 0 Å². The van der Waals surface area contributed by atoms with E-state index in [1.54, 1.807) is 36.5 Å². The van der Waals surface area contributed by atoms with Crippen LogP contribution >= 0.6 is 0 Å². The van der Waals surface area contributed by atoms with E-state index in [2.05, 4.69) is 178 Å². The summed E-state index contributed by atoms with van der Waals surface area (Å²) >= 11 is 0. The Balaban J connectivity index is 0.000000119. The molecule has 4 aromatic rings. The zero-order valence-electron chi connectivity index (χ0n) is 48.5. The molecule has 8 nitrogen and oxygen atoms in total. The first-order chi connectivity index (χ1) is 33.5. The molecule has 0 saturated heterocycles. The van der Waals surface area contributed by atoms with Crippen LogP contribution in [0.1, 0.15) is 221 Å². The Labute approximate surface area is 435 Å². The smallest absolute Gasteiger partial charge is 0.116 e. The van der Waals surface area contributed by atoms with Gasteiger partial charge in [-0.05, 0) is 164 Å². The van der Waals surface area contributed by atoms with E-state index in [4.69, 9.17) is 0 Å². The second-order valence-electron chi connectivity index (χ2n) is 28.7. The lowest BCUT2D eigenvalue weighted by atomic mass is 9.68. The molecule has 0 radical (unpaired) electrons. The van der Waals surface area contributed by atoms with Gasteiger partial charge >= 0.3 is 0 Å². The van der Waals surface area contributed by atoms with E-state index < -0.39 is 0 Å². The monoisotopic (exact) mass is 973 g/mol. The summed E-state index contributed by atoms with van der Waals surface area (Å²) in [4.78, 5) is 35.2. The van der Waals surface area contributed by atoms with Crippen LogP contribution in [0.2, 0.25) is 0 Å². The molecule has 388 valence electrons. The lowest BCUT2D eigenvalue weighted by molar-refractivity contribution is 0.150. The fourth-order valence-corrected chi connectivity index (χ4v) is 17.5. The standard InChI is InChI=1S/2C16H24N2.2C16H22N2/c4*1-10-15(2,3)12-7-6-11-8-17-9-18-14(11)13(12)16(10,4)5/h2*8-10,12-13H,6-7H2,1-5H3;2*8-10H,6-7H2,1-5H3/t10?,12-,13+;10?,12-,13-;2*10-/m1110/s1. The molecule has 2 unspecified atom stereocenters. The molecule has 2 saturated carbocycles. The maximum atomic E-state index is 4.65. The first-order valence-corrected chi connectivity index (χ1v) is 28.1. The highest BCUT2D eigenvalue weighted by Gasteiger charge is 2.61. The Morgan fingerprint density at radius 3 is 1.01 bits per heavy atom. The molecular weight excluding hydrogens is 881 g/mol. The van der Waals surface area contributed by atoms with Crippen LogP contribution in [-0.2, 0) is 25.7 Å². The summed E-state index contributed by atoms with van der Waals surface area (Å²) in [6.07, 6.45) is 24.4. The highest BCUT2D eigenvalue weighted by atomic mass is 14.9. The minimum absolute atomic E-state index is 0.211. The molecule has 0 bridgehead atoms. The van der Waals surface area contributed by atoms with Gasteiger partial charge in [0.1, 0.15) is 25.3 Å². The molecule has 8 aliphatic rings. The molecular formula is C64H92N8. The average Bonchev–Trinajstić information content (AvgIpc) is 3.74. The van der Waals surface area contributed by atoms with Gasteiger partial charge in [-0.1, -0.05) is 150 Å². The number of hydrogen-bond donors (Lipinski definition) is 0. The molecule has 8 heteroatoms. The summed E-state index contributed by atoms with van der Waals surface area (Å²) in [5.74, 6) is 5.49. The van der Waals surface area contributed by atoms with Gasteiger partial charge in [-0.25, -0.2) is 39.9 Å². The van der Waals surface area contributed by atoms with Crippen molar-refractivity contribution in [1.29, 1.82) is 0 Å². The van der Waals surface area contributed by atoms with Gasteiger partial charge in [-0.15, -0.1) is 0 Å². The van der Waals surface area contributed by atoms with Crippen LogP contribution in [0.3, 0.4) is 0 Å². The molecule has 12 rings (SSSR count). The number of allylic oxidation sites excluding steroid dienone is 4. The number of aromatic nitrogens is 8. The van der Waals surface area contributed by atoms with Crippen LogP contribution in [0.4, 0.5) is 0 Å². The minimum atomic E-state index is 0.211. The maximum absolute atomic E-state index is 4.65. The zero-order valence-corrected chi connectivity index (χ0v) is 48.5. The second-order valence-corrected chi connectivity index (χ2v) is 28.7. The van der Waals surface area contributed by atoms with Crippen molar-refractivity contribution in [2.24, 2.45) is 78.8 Å². The van der Waals surface area contributed by atoms with E-state index in [1.807, 2.05) is 24.8 Å². The lowest BCUT2D eigenvalue weighted by Crippen LogP contribution is -2.29. The van der Waals surface area contributed by atoms with Gasteiger partial charge in [-0.2, -0.15) is 0 Å². The van der Waals surface area contributed by atoms with Crippen LogP contribution in [0.5, 0.6) is 0 Å². The largest absolute Gasteiger partial charge is 0.245 e. The summed E-state index contributed by atoms with van der Waals surface area (Å²) in [6, 6.07) is 0. The first kappa shape index (κ1) is 52.7. The summed E-state index contributed by atoms with van der Waals surface area (Å²) in [5.41, 5.74) is 19.3. The van der Waals surface area contributed by atoms with Gasteiger partial charge in [0.25, 0.3) is 0 Å². The third-order valence-corrected chi connectivity index (χ3v) is 23.6. The molecule has 0 spiro atoms. The average molecular weight is 973 g/mol. The predicted molar refractivity (Wildman–Crippen MR) is 295 cm³/mol. The maximum Gasteiger partial charge on any atom is 0.116 e. The van der Waals surface area contributed by atoms with E-state index in [0.29, 0.717) is 56.2 Å². The Hall–Kier alpha value is -4.20. The predicted octanol–water partition coefficient (Wildman–Crippen LogP) is 15.4. The highest BCUT2D eigenvalue weighted by molar-refractivity contribution is 5.79. The van der Waals surface area contributed by atoms with E-state index >= 15 is 0 Å². The first-order valence-electron chi connectivity index (χ1n) is 28.1. The van der Waals surface area contributed by atoms with E-state index in [0.717, 1.165) is 49.4 Å². The van der Waals surface area contributed by atoms with Crippen LogP contribution in [-0.4, -0.2) is 39.9 Å². The molecule has 4 heterocycles. The van der Waals surface area contributed by atoms with Gasteiger partial charge < -0.3 is 0 Å². The Kier molecular flexibility index (Phi) is 13.0. The highest BCUT2D eigenvalue weighted by Crippen LogP contribution is 2.69. The quantitative estimate of drug-likeness (QED) is 0.172. The number of hydrogen-bond acceptors (Lipinski definition) is 8. The van der Waals surface area contributed by atoms with Crippen LogP contribution in [0, 0.1) is 78.8 Å². The second kappa shape index (κ2) is 17.7. The third-order valence-electron chi connectivity index (χ3n) is 23.6. The van der Waals surface area contributed by atoms with Crippen LogP contribution < -0.4 is 0 Å². The molecule has 72 heavy (non-hydrogen) atoms. The van der Waals surface area contributed by atoms with Gasteiger partial charge in [0, 0.05) is 36.6 Å². The number of aryl methyl sites for hydroxylation is 4. The summed E-state index contributed by atoms with van der Waals surface area (Å²) < 4.78 is 0. The fraction of sp³-hybridized carbons (Fsp3) is 0.688. The van der Waals surface area contributed by atoms with Crippen molar-refractivity contribution in [2.45, 2.75) is 202 Å². The molecule has 8 aliphatic carbocycles. The third kappa shape index (κ3) is 7.83. The van der Waals surface area contributed by atoms with Crippen molar-refractivity contribution in [2.75, 3.05) is 0 Å². The normalized spacial score (nSPS) is 31.9. The van der Waals surface area contributed by atoms with E-state index in [-0.39, 0.29) is 10.8 Å². The molecule has 4 aromatic heterocycles. The van der Waals surface area contributed by atoms with Crippen molar-refractivity contribution < 1.29 is 0 Å². The van der Waals surface area contributed by atoms with Crippen molar-refractivity contribution >= 4 is 11.1 Å². The minimum Gasteiger partial charge on any atom is -0.245 e. The van der Waals surface area contributed by atoms with Crippen molar-refractivity contribution in [1.82, 2.24) is 39.9 Å². The summed E-state index contributed by atoms with van der Waals surface area (Å²) in [6.45, 7) is 48.3. The Morgan fingerprint density at radius 2 is 0.667 bits per heavy atom. The van der Waals surface area contributed by atoms with Crippen molar-refractivity contribution in [3.63, 3.8) is 0 Å². The molecule has 0 aromatic carbocycles. The van der Waals surface area contributed by atoms with Gasteiger partial charge in [-0.3, -0.25) is 0 Å². The van der Waals surface area contributed by atoms with Gasteiger partial charge in [0.15, 0.2) is 0 Å². The van der Waals surface area contributed by atoms with E-state index in [1.165, 1.54) is 81.9 Å². The fourth-order valence-electron chi connectivity index (χ4n) is 17.5. The molecule has 0 aliphatic heterocycles. The lowest BCUT2D eigenvalue weighted by Gasteiger charge is -2.37. The molecule has 8 atom stereocenters.